The molecule has 112 valence electrons. The van der Waals surface area contributed by atoms with Gasteiger partial charge in [-0.15, -0.1) is 0 Å². The molecule has 2 aromatic rings. The number of carboxylic acids is 1. The van der Waals surface area contributed by atoms with Gasteiger partial charge in [-0.1, -0.05) is 6.92 Å². The number of carbonyl (C=O) groups is 1. The molecule has 3 N–H and O–H groups in total. The molecule has 7 nitrogen and oxygen atoms in total. The molecule has 0 saturated heterocycles. The summed E-state index contributed by atoms with van der Waals surface area (Å²) in [5, 5.41) is 15.6. The van der Waals surface area contributed by atoms with Crippen LogP contribution in [-0.2, 0) is 16.4 Å². The maximum Gasteiger partial charge on any atom is 0.336 e. The third-order valence-corrected chi connectivity index (χ3v) is 5.02. The molecule has 0 aliphatic heterocycles. The quantitative estimate of drug-likeness (QED) is 0.640. The molecule has 0 saturated carbocycles. The maximum absolute atomic E-state index is 12.2. The van der Waals surface area contributed by atoms with Crippen LogP contribution in [0.15, 0.2) is 29.2 Å². The Morgan fingerprint density at radius 1 is 1.43 bits per heavy atom. The van der Waals surface area contributed by atoms with Crippen LogP contribution >= 0.6 is 22.6 Å². The molecule has 9 heteroatoms. The Morgan fingerprint density at radius 3 is 2.71 bits per heavy atom. The molecule has 0 aliphatic carbocycles. The fourth-order valence-corrected chi connectivity index (χ4v) is 3.21. The van der Waals surface area contributed by atoms with E-state index in [0.29, 0.717) is 9.99 Å². The van der Waals surface area contributed by atoms with Crippen LogP contribution in [0, 0.1) is 3.57 Å². The number of halogens is 1. The Hall–Kier alpha value is -1.62. The molecule has 0 atom stereocenters. The van der Waals surface area contributed by atoms with Crippen LogP contribution < -0.4 is 4.72 Å². The predicted octanol–water partition coefficient (Wildman–Crippen LogP) is 2.08. The molecule has 0 bridgehead atoms. The lowest BCUT2D eigenvalue weighted by molar-refractivity contribution is 0.0695. The number of benzene rings is 1. The summed E-state index contributed by atoms with van der Waals surface area (Å²) in [7, 11) is -3.88. The smallest absolute Gasteiger partial charge is 0.336 e. The summed E-state index contributed by atoms with van der Waals surface area (Å²) in [6.07, 6.45) is 0.696. The number of aryl methyl sites for hydroxylation is 1. The standard InChI is InChI=1S/C12H12IN3O4S/c1-2-7-5-11(15-14-7)16-21(19,20)8-3-4-10(13)9(6-8)12(17)18/h3-6H,2H2,1H3,(H,17,18)(H2,14,15,16). The molecule has 1 heterocycles. The minimum absolute atomic E-state index is 0.0604. The molecule has 1 aromatic carbocycles. The van der Waals surface area contributed by atoms with E-state index in [0.717, 1.165) is 11.8 Å². The van der Waals surface area contributed by atoms with Crippen molar-refractivity contribution in [3.05, 3.63) is 39.1 Å². The van der Waals surface area contributed by atoms with E-state index in [9.17, 15) is 13.2 Å². The van der Waals surface area contributed by atoms with Gasteiger partial charge in [0, 0.05) is 15.3 Å². The number of aromatic carboxylic acids is 1. The maximum atomic E-state index is 12.2. The Bertz CT molecular complexity index is 786. The van der Waals surface area contributed by atoms with Crippen molar-refractivity contribution < 1.29 is 18.3 Å². The van der Waals surface area contributed by atoms with Gasteiger partial charge in [-0.05, 0) is 47.2 Å². The number of nitrogens with one attached hydrogen (secondary N) is 2. The van der Waals surface area contributed by atoms with Gasteiger partial charge in [0.1, 0.15) is 0 Å². The van der Waals surface area contributed by atoms with Crippen molar-refractivity contribution in [3.63, 3.8) is 0 Å². The molecule has 0 spiro atoms. The number of H-pyrrole nitrogens is 1. The van der Waals surface area contributed by atoms with E-state index in [1.165, 1.54) is 12.1 Å². The lowest BCUT2D eigenvalue weighted by Gasteiger charge is -2.07. The van der Waals surface area contributed by atoms with E-state index in [1.807, 2.05) is 29.5 Å². The molecule has 1 aromatic heterocycles. The number of sulfonamides is 1. The lowest BCUT2D eigenvalue weighted by Crippen LogP contribution is -2.14. The monoisotopic (exact) mass is 421 g/mol. The van der Waals surface area contributed by atoms with Crippen LogP contribution in [0.5, 0.6) is 0 Å². The van der Waals surface area contributed by atoms with E-state index < -0.39 is 16.0 Å². The highest BCUT2D eigenvalue weighted by Crippen LogP contribution is 2.20. The van der Waals surface area contributed by atoms with E-state index in [4.69, 9.17) is 5.11 Å². The zero-order chi connectivity index (χ0) is 15.6. The van der Waals surface area contributed by atoms with Gasteiger partial charge in [-0.2, -0.15) is 5.10 Å². The van der Waals surface area contributed by atoms with Gasteiger partial charge in [0.25, 0.3) is 10.0 Å². The summed E-state index contributed by atoms with van der Waals surface area (Å²) in [5.41, 5.74) is 0.733. The molecule has 2 rings (SSSR count). The average molecular weight is 421 g/mol. The van der Waals surface area contributed by atoms with Crippen molar-refractivity contribution >= 4 is 44.4 Å². The summed E-state index contributed by atoms with van der Waals surface area (Å²) in [5.74, 6) is -1.01. The Morgan fingerprint density at radius 2 is 2.14 bits per heavy atom. The van der Waals surface area contributed by atoms with Gasteiger partial charge in [0.2, 0.25) is 0 Å². The third-order valence-electron chi connectivity index (χ3n) is 2.73. The molecule has 0 aliphatic rings. The first kappa shape index (κ1) is 15.8. The normalized spacial score (nSPS) is 11.3. The van der Waals surface area contributed by atoms with Crippen LogP contribution in [0.4, 0.5) is 5.82 Å². The number of hydrogen-bond acceptors (Lipinski definition) is 4. The number of aromatic amines is 1. The van der Waals surface area contributed by atoms with Crippen molar-refractivity contribution in [2.24, 2.45) is 0 Å². The van der Waals surface area contributed by atoms with Crippen molar-refractivity contribution in [2.75, 3.05) is 4.72 Å². The highest BCUT2D eigenvalue weighted by Gasteiger charge is 2.19. The first-order valence-electron chi connectivity index (χ1n) is 5.93. The summed E-state index contributed by atoms with van der Waals surface area (Å²) in [6, 6.07) is 5.51. The number of carboxylic acid groups (broad SMARTS) is 1. The number of aromatic nitrogens is 2. The minimum Gasteiger partial charge on any atom is -0.478 e. The molecule has 0 radical (unpaired) electrons. The fourth-order valence-electron chi connectivity index (χ4n) is 1.63. The van der Waals surface area contributed by atoms with Gasteiger partial charge in [-0.25, -0.2) is 13.2 Å². The lowest BCUT2D eigenvalue weighted by atomic mass is 10.2. The van der Waals surface area contributed by atoms with Crippen LogP contribution in [0.2, 0.25) is 0 Å². The zero-order valence-electron chi connectivity index (χ0n) is 10.9. The van der Waals surface area contributed by atoms with Gasteiger partial charge >= 0.3 is 5.97 Å². The summed E-state index contributed by atoms with van der Waals surface area (Å²) < 4.78 is 27.2. The van der Waals surface area contributed by atoms with E-state index in [1.54, 1.807) is 6.07 Å². The zero-order valence-corrected chi connectivity index (χ0v) is 13.9. The SMILES string of the molecule is CCc1cc(NS(=O)(=O)c2ccc(I)c(C(=O)O)c2)n[nH]1. The second kappa shape index (κ2) is 6.02. The van der Waals surface area contributed by atoms with Crippen LogP contribution in [0.25, 0.3) is 0 Å². The number of nitrogens with zero attached hydrogens (tertiary/aromatic N) is 1. The van der Waals surface area contributed by atoms with Crippen molar-refractivity contribution in [1.29, 1.82) is 0 Å². The van der Waals surface area contributed by atoms with Gasteiger partial charge < -0.3 is 5.11 Å². The predicted molar refractivity (Wildman–Crippen MR) is 84.9 cm³/mol. The van der Waals surface area contributed by atoms with Crippen LogP contribution in [0.3, 0.4) is 0 Å². The topological polar surface area (TPSA) is 112 Å². The summed E-state index contributed by atoms with van der Waals surface area (Å²) in [6.45, 7) is 1.91. The molecule has 0 amide bonds. The largest absolute Gasteiger partial charge is 0.478 e. The molecular weight excluding hydrogens is 409 g/mol. The van der Waals surface area contributed by atoms with Gasteiger partial charge in [0.05, 0.1) is 10.5 Å². The minimum atomic E-state index is -3.88. The van der Waals surface area contributed by atoms with Crippen LogP contribution in [0.1, 0.15) is 23.0 Å². The second-order valence-corrected chi connectivity index (χ2v) is 7.03. The summed E-state index contributed by atoms with van der Waals surface area (Å²) in [4.78, 5) is 10.9. The molecule has 0 unspecified atom stereocenters. The van der Waals surface area contributed by atoms with Crippen LogP contribution in [-0.4, -0.2) is 29.7 Å². The van der Waals surface area contributed by atoms with Crippen molar-refractivity contribution in [3.8, 4) is 0 Å². The van der Waals surface area contributed by atoms with E-state index in [-0.39, 0.29) is 16.3 Å². The Kier molecular flexibility index (Phi) is 4.52. The highest BCUT2D eigenvalue weighted by molar-refractivity contribution is 14.1. The number of rotatable bonds is 5. The Balaban J connectivity index is 2.35. The summed E-state index contributed by atoms with van der Waals surface area (Å²) >= 11 is 1.84. The number of hydrogen-bond donors (Lipinski definition) is 3. The third kappa shape index (κ3) is 3.53. The van der Waals surface area contributed by atoms with Gasteiger partial charge in [0.15, 0.2) is 5.82 Å². The van der Waals surface area contributed by atoms with Crippen molar-refractivity contribution in [2.45, 2.75) is 18.2 Å². The second-order valence-electron chi connectivity index (χ2n) is 4.18. The van der Waals surface area contributed by atoms with Gasteiger partial charge in [-0.3, -0.25) is 9.82 Å². The average Bonchev–Trinajstić information content (AvgIpc) is 2.85. The van der Waals surface area contributed by atoms with E-state index >= 15 is 0 Å². The fraction of sp³-hybridized carbons (Fsp3) is 0.167. The highest BCUT2D eigenvalue weighted by atomic mass is 127. The Labute approximate surface area is 135 Å². The first-order valence-corrected chi connectivity index (χ1v) is 8.49. The molecule has 21 heavy (non-hydrogen) atoms. The molecular formula is C12H12IN3O4S. The van der Waals surface area contributed by atoms with Crippen molar-refractivity contribution in [1.82, 2.24) is 10.2 Å². The number of anilines is 1. The van der Waals surface area contributed by atoms with E-state index in [2.05, 4.69) is 14.9 Å². The molecule has 0 fully saturated rings. The first-order chi connectivity index (χ1) is 9.83.